The van der Waals surface area contributed by atoms with Gasteiger partial charge in [0, 0.05) is 9.52 Å². The molecule has 0 unspecified atom stereocenters. The normalized spacial score (nSPS) is 12.8. The molecule has 0 aromatic heterocycles. The van der Waals surface area contributed by atoms with E-state index >= 15 is 0 Å². The van der Waals surface area contributed by atoms with Crippen LogP contribution in [0.15, 0.2) is 60.2 Å². The fourth-order valence-electron chi connectivity index (χ4n) is 1.74. The molecule has 121 valence electrons. The molecule has 1 radical (unpaired) electrons. The molecule has 3 rings (SSSR count). The van der Waals surface area contributed by atoms with Crippen molar-refractivity contribution in [3.8, 4) is 0 Å². The van der Waals surface area contributed by atoms with E-state index in [1.165, 1.54) is 16.7 Å². The molecule has 0 saturated heterocycles. The Morgan fingerprint density at radius 2 is 1.39 bits per heavy atom. The monoisotopic (exact) mass is 529 g/mol. The molecule has 0 heterocycles. The Morgan fingerprint density at radius 3 is 1.74 bits per heavy atom. The summed E-state index contributed by atoms with van der Waals surface area (Å²) in [5.74, 6) is 0. The molecule has 0 N–H and O–H groups in total. The molecule has 0 fully saturated rings. The van der Waals surface area contributed by atoms with Gasteiger partial charge in [0.2, 0.25) is 0 Å². The van der Waals surface area contributed by atoms with Crippen molar-refractivity contribution < 1.29 is 50.7 Å². The van der Waals surface area contributed by atoms with Crippen LogP contribution in [0.2, 0.25) is 13.1 Å². The number of rotatable bonds is 1. The van der Waals surface area contributed by atoms with Crippen LogP contribution in [0.4, 0.5) is 0 Å². The Hall–Kier alpha value is -0.153. The van der Waals surface area contributed by atoms with Gasteiger partial charge in [-0.1, -0.05) is 44.6 Å². The smallest absolute Gasteiger partial charge is 1.00 e. The van der Waals surface area contributed by atoms with E-state index in [0.29, 0.717) is 0 Å². The molecular weight excluding hydrogens is 506 g/mol. The van der Waals surface area contributed by atoms with Crippen molar-refractivity contribution in [1.29, 1.82) is 0 Å². The summed E-state index contributed by atoms with van der Waals surface area (Å²) in [5, 5.41) is 0. The van der Waals surface area contributed by atoms with E-state index in [0.717, 1.165) is 22.4 Å². The molecule has 0 spiro atoms. The van der Waals surface area contributed by atoms with Crippen LogP contribution in [-0.2, 0) is 25.8 Å². The largest absolute Gasteiger partial charge is 4.00 e. The zero-order valence-corrected chi connectivity index (χ0v) is 20.2. The molecule has 1 aromatic rings. The fourth-order valence-corrected chi connectivity index (χ4v) is 1.74. The van der Waals surface area contributed by atoms with Crippen LogP contribution in [0.1, 0.15) is 25.3 Å². The van der Waals surface area contributed by atoms with E-state index in [9.17, 15) is 0 Å². The number of allylic oxidation sites excluding steroid dienone is 8. The molecule has 0 amide bonds. The van der Waals surface area contributed by atoms with Gasteiger partial charge in [0.05, 0.1) is 0 Å². The van der Waals surface area contributed by atoms with Crippen molar-refractivity contribution in [2.75, 3.05) is 0 Å². The van der Waals surface area contributed by atoms with Crippen LogP contribution >= 0.6 is 0 Å². The average molecular weight is 529 g/mol. The van der Waals surface area contributed by atoms with Gasteiger partial charge in [-0.15, -0.1) is 30.2 Å². The van der Waals surface area contributed by atoms with Crippen molar-refractivity contribution in [3.05, 3.63) is 77.9 Å². The third-order valence-electron chi connectivity index (χ3n) is 2.65. The first-order chi connectivity index (χ1) is 9.77. The van der Waals surface area contributed by atoms with Crippen LogP contribution in [-0.4, -0.2) is 9.52 Å². The first-order valence-electron chi connectivity index (χ1n) is 7.08. The maximum Gasteiger partial charge on any atom is 4.00 e. The number of benzene rings is 1. The summed E-state index contributed by atoms with van der Waals surface area (Å²) in [6.45, 7) is 6.48. The second-order valence-electron chi connectivity index (χ2n) is 4.61. The average Bonchev–Trinajstić information content (AvgIpc) is 3.14. The van der Waals surface area contributed by atoms with Gasteiger partial charge in [0.15, 0.2) is 0 Å². The second kappa shape index (κ2) is 18.2. The Balaban J connectivity index is -0.000000291. The minimum atomic E-state index is 0. The van der Waals surface area contributed by atoms with Gasteiger partial charge in [-0.25, -0.2) is 11.6 Å². The summed E-state index contributed by atoms with van der Waals surface area (Å²) in [4.78, 5) is 0. The first kappa shape index (κ1) is 27.7. The third-order valence-corrected chi connectivity index (χ3v) is 2.65. The number of hydrogen-bond acceptors (Lipinski definition) is 0. The van der Waals surface area contributed by atoms with Crippen LogP contribution in [0, 0.1) is 12.2 Å². The molecule has 0 nitrogen and oxygen atoms in total. The summed E-state index contributed by atoms with van der Waals surface area (Å²) >= 11 is 0. The van der Waals surface area contributed by atoms with E-state index in [2.05, 4.69) is 80.7 Å². The van der Waals surface area contributed by atoms with Crippen molar-refractivity contribution in [3.63, 3.8) is 0 Å². The molecule has 4 heteroatoms. The second-order valence-corrected chi connectivity index (χ2v) is 5.76. The third kappa shape index (κ3) is 12.9. The van der Waals surface area contributed by atoms with E-state index in [-0.39, 0.29) is 50.7 Å². The van der Waals surface area contributed by atoms with Gasteiger partial charge in [-0.3, -0.25) is 6.08 Å². The Kier molecular flexibility index (Phi) is 21.9. The maximum absolute atomic E-state index is 3.28. The summed E-state index contributed by atoms with van der Waals surface area (Å²) in [6, 6.07) is 10.4. The molecular formula is C19H23Cl2HfSi. The number of halogens is 2. The molecule has 1 aromatic carbocycles. The van der Waals surface area contributed by atoms with Crippen molar-refractivity contribution >= 4 is 15.1 Å². The quantitative estimate of drug-likeness (QED) is 0.326. The van der Waals surface area contributed by atoms with Crippen LogP contribution in [0.3, 0.4) is 0 Å². The molecule has 0 bridgehead atoms. The number of hydrogen-bond donors (Lipinski definition) is 0. The Bertz CT molecular complexity index is 503. The maximum atomic E-state index is 3.28. The summed E-state index contributed by atoms with van der Waals surface area (Å²) < 4.78 is 0. The molecule has 0 aliphatic heterocycles. The Morgan fingerprint density at radius 1 is 0.870 bits per heavy atom. The zero-order valence-electron chi connectivity index (χ0n) is 13.9. The molecule has 2 aliphatic carbocycles. The predicted molar refractivity (Wildman–Crippen MR) is 91.9 cm³/mol. The van der Waals surface area contributed by atoms with Crippen molar-refractivity contribution in [1.82, 2.24) is 0 Å². The van der Waals surface area contributed by atoms with Gasteiger partial charge in [0.25, 0.3) is 0 Å². The topological polar surface area (TPSA) is 0 Å². The van der Waals surface area contributed by atoms with Gasteiger partial charge in [-0.05, 0) is 0 Å². The van der Waals surface area contributed by atoms with Crippen LogP contribution < -0.4 is 24.8 Å². The van der Waals surface area contributed by atoms with Crippen molar-refractivity contribution in [2.24, 2.45) is 0 Å². The van der Waals surface area contributed by atoms with Crippen molar-refractivity contribution in [2.45, 2.75) is 32.9 Å². The molecule has 0 saturated carbocycles. The summed E-state index contributed by atoms with van der Waals surface area (Å²) in [7, 11) is 0.750. The first-order valence-corrected chi connectivity index (χ1v) is 9.39. The molecule has 0 atom stereocenters. The van der Waals surface area contributed by atoms with Gasteiger partial charge < -0.3 is 24.8 Å². The Labute approximate surface area is 175 Å². The minimum absolute atomic E-state index is 0. The van der Waals surface area contributed by atoms with E-state index in [1.54, 1.807) is 0 Å². The van der Waals surface area contributed by atoms with Gasteiger partial charge in [0.1, 0.15) is 0 Å². The van der Waals surface area contributed by atoms with Crippen LogP contribution in [0.25, 0.3) is 5.57 Å². The SMILES string of the molecule is CC1=[C-]CC=C1.C[SiH]C.[C-]1=C(c2ccccc2)C=CC1.[Cl-].[Cl-].[Hf+4]. The molecule has 23 heavy (non-hydrogen) atoms. The molecule has 2 aliphatic rings. The summed E-state index contributed by atoms with van der Waals surface area (Å²) in [6.07, 6.45) is 16.8. The minimum Gasteiger partial charge on any atom is -1.00 e. The fraction of sp³-hybridized carbons (Fsp3) is 0.263. The van der Waals surface area contributed by atoms with E-state index < -0.39 is 0 Å². The predicted octanol–water partition coefficient (Wildman–Crippen LogP) is -0.947. The zero-order chi connectivity index (χ0) is 14.6. The van der Waals surface area contributed by atoms with Crippen LogP contribution in [0.5, 0.6) is 0 Å². The van der Waals surface area contributed by atoms with Gasteiger partial charge in [-0.2, -0.15) is 23.8 Å². The summed E-state index contributed by atoms with van der Waals surface area (Å²) in [5.41, 5.74) is 3.77. The standard InChI is InChI=1S/C11H9.C6H7.C2H7Si.2ClH.Hf/c1-2-6-10(7-3-1)11-8-4-5-9-11;1-6-4-2-3-5-6;1-3-2;;;/h1-4,6-8H,5H2;2,4H,3H2,1H3;3H,1-2H3;2*1H;/q2*-1;;;;+4/p-2. The van der Waals surface area contributed by atoms with E-state index in [1.807, 2.05) is 6.07 Å². The van der Waals surface area contributed by atoms with E-state index in [4.69, 9.17) is 0 Å². The van der Waals surface area contributed by atoms with Gasteiger partial charge >= 0.3 is 25.8 Å².